The van der Waals surface area contributed by atoms with E-state index in [4.69, 9.17) is 9.47 Å². The van der Waals surface area contributed by atoms with E-state index in [9.17, 15) is 46.3 Å². The summed E-state index contributed by atoms with van der Waals surface area (Å²) in [4.78, 5) is 85.2. The summed E-state index contributed by atoms with van der Waals surface area (Å²) in [5.74, 6) is 6.20. The van der Waals surface area contributed by atoms with Crippen molar-refractivity contribution in [3.63, 3.8) is 0 Å². The number of nitrogens with zero attached hydrogens (tertiary/aromatic N) is 4. The van der Waals surface area contributed by atoms with Crippen LogP contribution in [0, 0.1) is 23.7 Å². The molecule has 2 aliphatic heterocycles. The van der Waals surface area contributed by atoms with Gasteiger partial charge in [0.1, 0.15) is 25.3 Å². The molecule has 16 nitrogen and oxygen atoms in total. The first kappa shape index (κ1) is 58.5. The Morgan fingerprint density at radius 3 is 1.31 bits per heavy atom. The minimum Gasteiger partial charge on any atom is -0.363 e. The van der Waals surface area contributed by atoms with E-state index in [1.165, 1.54) is 9.80 Å². The zero-order chi connectivity index (χ0) is 52.7. The van der Waals surface area contributed by atoms with Crippen molar-refractivity contribution in [1.82, 2.24) is 40.9 Å². The smallest absolute Gasteiger partial charge is 0.315 e. The number of hydrogen-bond acceptors (Lipinski definition) is 10. The number of ether oxygens (including phenoxy) is 2. The predicted molar refractivity (Wildman–Crippen MR) is 262 cm³/mol. The van der Waals surface area contributed by atoms with Gasteiger partial charge < -0.3 is 50.3 Å². The topological polar surface area (TPSA) is 182 Å². The number of likely N-dealkylation sites (N-methyl/N-ethyl adjacent to an activating group) is 2. The molecule has 2 aromatic rings. The lowest BCUT2D eigenvalue weighted by molar-refractivity contribution is -0.146. The maximum Gasteiger partial charge on any atom is 0.315 e. The van der Waals surface area contributed by atoms with Crippen LogP contribution in [0.2, 0.25) is 0 Å². The summed E-state index contributed by atoms with van der Waals surface area (Å²) in [6, 6.07) is 13.4. The zero-order valence-electron chi connectivity index (χ0n) is 42.0. The van der Waals surface area contributed by atoms with Gasteiger partial charge in [-0.2, -0.15) is 17.6 Å². The zero-order valence-corrected chi connectivity index (χ0v) is 42.0. The van der Waals surface area contributed by atoms with Crippen LogP contribution < -0.4 is 21.3 Å². The summed E-state index contributed by atoms with van der Waals surface area (Å²) in [5.41, 5.74) is 1.74. The average Bonchev–Trinajstić information content (AvgIpc) is 4.06. The molecule has 4 rings (SSSR count). The molecule has 0 aromatic heterocycles. The van der Waals surface area contributed by atoms with Crippen LogP contribution in [0.5, 0.6) is 0 Å². The molecule has 0 saturated carbocycles. The van der Waals surface area contributed by atoms with Crippen LogP contribution in [0.25, 0.3) is 0 Å². The van der Waals surface area contributed by atoms with E-state index in [2.05, 4.69) is 44.9 Å². The third-order valence-corrected chi connectivity index (χ3v) is 13.0. The Labute approximate surface area is 420 Å². The van der Waals surface area contributed by atoms with Crippen molar-refractivity contribution < 1.29 is 55.8 Å². The molecule has 394 valence electrons. The van der Waals surface area contributed by atoms with Crippen LogP contribution in [-0.4, -0.2) is 183 Å². The molecule has 2 heterocycles. The fourth-order valence-corrected chi connectivity index (χ4v) is 8.45. The Morgan fingerprint density at radius 2 is 0.972 bits per heavy atom. The third kappa shape index (κ3) is 17.9. The summed E-state index contributed by atoms with van der Waals surface area (Å²) >= 11 is 0. The maximum atomic E-state index is 14.2. The number of alkyl halides is 4. The second kappa shape index (κ2) is 30.1. The molecule has 8 atom stereocenters. The molecule has 0 spiro atoms. The number of amides is 6. The summed E-state index contributed by atoms with van der Waals surface area (Å²) in [6.45, 7) is 6.41. The highest BCUT2D eigenvalue weighted by molar-refractivity contribution is 5.91. The van der Waals surface area contributed by atoms with Crippen molar-refractivity contribution in [2.24, 2.45) is 0 Å². The van der Waals surface area contributed by atoms with E-state index < -0.39 is 96.8 Å². The summed E-state index contributed by atoms with van der Waals surface area (Å²) < 4.78 is 66.9. The van der Waals surface area contributed by atoms with Gasteiger partial charge in [-0.3, -0.25) is 28.8 Å². The highest BCUT2D eigenvalue weighted by atomic mass is 19.3. The highest BCUT2D eigenvalue weighted by Crippen LogP contribution is 2.24. The molecule has 2 aliphatic rings. The minimum atomic E-state index is -3.22. The number of rotatable bonds is 26. The van der Waals surface area contributed by atoms with Crippen molar-refractivity contribution in [3.8, 4) is 23.7 Å². The molecule has 0 unspecified atom stereocenters. The van der Waals surface area contributed by atoms with E-state index in [1.807, 2.05) is 60.7 Å². The van der Waals surface area contributed by atoms with Crippen molar-refractivity contribution >= 4 is 35.4 Å². The SMILES string of the molecule is CN[C@@H](C)C(=O)N[C@H](C(=O)N1CCC[C@H]1CN(CCc1ccccc1)C(=O)C(F)F)[C@@H](C)OCC#CC#CCO[C@H](C)[C@H](NC(=O)[C@H](C)NC)C(=O)N1CCC[C@H]1CN(CCc1ccccc1)C(=O)C(F)F. The van der Waals surface area contributed by atoms with Crippen LogP contribution in [0.1, 0.15) is 64.5 Å². The average molecular weight is 1010 g/mol. The second-order valence-corrected chi connectivity index (χ2v) is 17.9. The Morgan fingerprint density at radius 1 is 0.611 bits per heavy atom. The first-order valence-corrected chi connectivity index (χ1v) is 24.4. The maximum absolute atomic E-state index is 14.2. The van der Waals surface area contributed by atoms with Gasteiger partial charge in [-0.25, -0.2) is 0 Å². The van der Waals surface area contributed by atoms with Crippen LogP contribution in [0.4, 0.5) is 17.6 Å². The molecular weight excluding hydrogens is 941 g/mol. The molecular formula is C52H70F4N8O8. The fraction of sp³-hybridized carbons (Fsp3) is 0.577. The number of nitrogens with one attached hydrogen (secondary N) is 4. The van der Waals surface area contributed by atoms with Gasteiger partial charge in [0.2, 0.25) is 23.6 Å². The molecule has 4 N–H and O–H groups in total. The largest absolute Gasteiger partial charge is 0.363 e. The fourth-order valence-electron chi connectivity index (χ4n) is 8.45. The molecule has 0 aliphatic carbocycles. The number of carbonyl (C=O) groups is 6. The van der Waals surface area contributed by atoms with E-state index in [1.54, 1.807) is 41.8 Å². The molecule has 72 heavy (non-hydrogen) atoms. The van der Waals surface area contributed by atoms with Gasteiger partial charge in [0, 0.05) is 51.4 Å². The molecule has 0 bridgehead atoms. The van der Waals surface area contributed by atoms with Gasteiger partial charge in [0.15, 0.2) is 0 Å². The third-order valence-electron chi connectivity index (χ3n) is 13.0. The molecule has 2 aromatic carbocycles. The van der Waals surface area contributed by atoms with Gasteiger partial charge >= 0.3 is 12.9 Å². The Kier molecular flexibility index (Phi) is 24.4. The normalized spacial score (nSPS) is 17.9. The van der Waals surface area contributed by atoms with E-state index in [-0.39, 0.29) is 52.5 Å². The second-order valence-electron chi connectivity index (χ2n) is 17.9. The van der Waals surface area contributed by atoms with Gasteiger partial charge in [0.05, 0.1) is 24.3 Å². The lowest BCUT2D eigenvalue weighted by atomic mass is 10.1. The monoisotopic (exact) mass is 1010 g/mol. The standard InChI is InChI=1S/C52H70F4N8O8/c1-35(57-5)47(65)59-43(49(67)63-27-17-23-41(63)33-61(51(69)45(53)54)29-25-39-19-11-9-12-20-39)37(3)71-31-15-7-8-16-32-72-38(4)44(60-48(66)36(2)58-6)50(68)64-28-18-24-42(64)34-62(52(70)46(55)56)30-26-40-21-13-10-14-22-40/h9-14,19-22,35-38,41-46,57-58H,17-18,23-34H2,1-6H3,(H,59,65)(H,60,66)/t35-,36-,37+,38+,41-,42-,43-,44-/m0/s1. The van der Waals surface area contributed by atoms with Crippen LogP contribution >= 0.6 is 0 Å². The first-order chi connectivity index (χ1) is 34.5. The van der Waals surface area contributed by atoms with E-state index in [0.717, 1.165) is 20.9 Å². The highest BCUT2D eigenvalue weighted by Gasteiger charge is 2.41. The minimum absolute atomic E-state index is 0.0287. The molecule has 0 radical (unpaired) electrons. The number of carbonyl (C=O) groups excluding carboxylic acids is 6. The molecule has 6 amide bonds. The van der Waals surface area contributed by atoms with E-state index >= 15 is 0 Å². The van der Waals surface area contributed by atoms with Crippen LogP contribution in [-0.2, 0) is 51.1 Å². The molecule has 2 fully saturated rings. The quantitative estimate of drug-likeness (QED) is 0.0809. The number of hydrogen-bond donors (Lipinski definition) is 4. The van der Waals surface area contributed by atoms with Gasteiger partial charge in [-0.1, -0.05) is 72.5 Å². The lowest BCUT2D eigenvalue weighted by Crippen LogP contribution is -2.59. The van der Waals surface area contributed by atoms with Gasteiger partial charge in [-0.05, 0) is 103 Å². The van der Waals surface area contributed by atoms with Gasteiger partial charge in [-0.15, -0.1) is 0 Å². The Bertz CT molecular complexity index is 2050. The summed E-state index contributed by atoms with van der Waals surface area (Å²) in [5, 5.41) is 11.2. The number of benzene rings is 2. The Balaban J connectivity index is 1.39. The van der Waals surface area contributed by atoms with E-state index in [0.29, 0.717) is 38.5 Å². The van der Waals surface area contributed by atoms with Crippen molar-refractivity contribution in [2.45, 2.75) is 128 Å². The summed E-state index contributed by atoms with van der Waals surface area (Å²) in [7, 11) is 3.18. The first-order valence-electron chi connectivity index (χ1n) is 24.4. The van der Waals surface area contributed by atoms with Crippen molar-refractivity contribution in [2.75, 3.05) is 66.6 Å². The molecule has 20 heteroatoms. The molecule has 2 saturated heterocycles. The van der Waals surface area contributed by atoms with Crippen LogP contribution in [0.15, 0.2) is 60.7 Å². The number of halogens is 4. The Hall–Kier alpha value is -6.06. The number of likely N-dealkylation sites (tertiary alicyclic amines) is 2. The van der Waals surface area contributed by atoms with Gasteiger partial charge in [0.25, 0.3) is 11.8 Å². The predicted octanol–water partition coefficient (Wildman–Crippen LogP) is 2.64. The van der Waals surface area contributed by atoms with Crippen molar-refractivity contribution in [1.29, 1.82) is 0 Å². The van der Waals surface area contributed by atoms with Crippen molar-refractivity contribution in [3.05, 3.63) is 71.8 Å². The summed E-state index contributed by atoms with van der Waals surface area (Å²) in [6.07, 6.45) is -5.54. The lowest BCUT2D eigenvalue weighted by Gasteiger charge is -2.34. The van der Waals surface area contributed by atoms with Crippen LogP contribution in [0.3, 0.4) is 0 Å².